The third-order valence-corrected chi connectivity index (χ3v) is 4.62. The van der Waals surface area contributed by atoms with Gasteiger partial charge in [-0.3, -0.25) is 9.59 Å². The van der Waals surface area contributed by atoms with E-state index in [2.05, 4.69) is 5.32 Å². The Kier molecular flexibility index (Phi) is 7.51. The van der Waals surface area contributed by atoms with Gasteiger partial charge in [0.05, 0.1) is 5.02 Å². The molecule has 0 radical (unpaired) electrons. The smallest absolute Gasteiger partial charge is 0.261 e. The number of nitrogens with zero attached hydrogens (tertiary/aromatic N) is 1. The van der Waals surface area contributed by atoms with Gasteiger partial charge in [-0.1, -0.05) is 53.0 Å². The number of rotatable bonds is 7. The number of aryl methyl sites for hydroxylation is 1. The molecule has 0 aliphatic heterocycles. The molecule has 27 heavy (non-hydrogen) atoms. The molecule has 0 bridgehead atoms. The number of carbonyl (C=O) groups is 2. The molecule has 0 unspecified atom stereocenters. The fraction of sp³-hybridized carbons (Fsp3) is 0.300. The van der Waals surface area contributed by atoms with Crippen LogP contribution in [0.15, 0.2) is 42.5 Å². The molecule has 0 fully saturated rings. The number of amides is 2. The molecule has 0 heterocycles. The molecule has 144 valence electrons. The highest BCUT2D eigenvalue weighted by atomic mass is 35.5. The summed E-state index contributed by atoms with van der Waals surface area (Å²) in [5, 5.41) is 3.38. The lowest BCUT2D eigenvalue weighted by molar-refractivity contribution is -0.142. The summed E-state index contributed by atoms with van der Waals surface area (Å²) in [6.07, 6.45) is 0. The maximum Gasteiger partial charge on any atom is 0.261 e. The van der Waals surface area contributed by atoms with Crippen LogP contribution in [0.25, 0.3) is 0 Å². The summed E-state index contributed by atoms with van der Waals surface area (Å²) in [4.78, 5) is 26.4. The molecule has 0 aliphatic rings. The van der Waals surface area contributed by atoms with Crippen molar-refractivity contribution in [3.05, 3.63) is 63.6 Å². The Hall–Kier alpha value is -2.24. The Labute approximate surface area is 169 Å². The Balaban J connectivity index is 2.15. The van der Waals surface area contributed by atoms with Crippen LogP contribution in [0.4, 0.5) is 0 Å². The van der Waals surface area contributed by atoms with E-state index in [0.29, 0.717) is 22.3 Å². The zero-order chi connectivity index (χ0) is 20.0. The highest BCUT2D eigenvalue weighted by Crippen LogP contribution is 2.27. The first-order valence-corrected chi connectivity index (χ1v) is 9.22. The molecule has 2 aromatic carbocycles. The summed E-state index contributed by atoms with van der Waals surface area (Å²) in [5.74, 6) is -0.211. The second-order valence-electron chi connectivity index (χ2n) is 6.16. The maximum absolute atomic E-state index is 12.8. The molecule has 1 N–H and O–H groups in total. The number of likely N-dealkylation sites (N-methyl/N-ethyl adjacent to an activating group) is 1. The van der Waals surface area contributed by atoms with Gasteiger partial charge in [0.15, 0.2) is 6.61 Å². The molecule has 0 aliphatic carbocycles. The van der Waals surface area contributed by atoms with Crippen LogP contribution in [-0.4, -0.2) is 36.4 Å². The highest BCUT2D eigenvalue weighted by Gasteiger charge is 2.26. The topological polar surface area (TPSA) is 58.6 Å². The highest BCUT2D eigenvalue weighted by molar-refractivity contribution is 6.35. The van der Waals surface area contributed by atoms with Crippen molar-refractivity contribution >= 4 is 35.0 Å². The van der Waals surface area contributed by atoms with Gasteiger partial charge in [0.25, 0.3) is 5.91 Å². The molecule has 0 spiro atoms. The predicted octanol–water partition coefficient (Wildman–Crippen LogP) is 3.84. The first-order valence-electron chi connectivity index (χ1n) is 8.46. The van der Waals surface area contributed by atoms with Gasteiger partial charge in [0.2, 0.25) is 5.91 Å². The Morgan fingerprint density at radius 3 is 2.56 bits per heavy atom. The molecule has 0 saturated heterocycles. The van der Waals surface area contributed by atoms with Gasteiger partial charge in [-0.2, -0.15) is 0 Å². The van der Waals surface area contributed by atoms with E-state index in [1.807, 2.05) is 31.2 Å². The minimum Gasteiger partial charge on any atom is -0.482 e. The van der Waals surface area contributed by atoms with Gasteiger partial charge in [0, 0.05) is 18.6 Å². The number of carbonyl (C=O) groups excluding carboxylic acids is 2. The van der Waals surface area contributed by atoms with E-state index in [0.717, 1.165) is 11.1 Å². The average molecular weight is 409 g/mol. The third-order valence-electron chi connectivity index (χ3n) is 4.09. The monoisotopic (exact) mass is 408 g/mol. The normalized spacial score (nSPS) is 11.6. The molecular weight excluding hydrogens is 387 g/mol. The lowest BCUT2D eigenvalue weighted by Gasteiger charge is -2.28. The molecule has 5 nitrogen and oxygen atoms in total. The van der Waals surface area contributed by atoms with Gasteiger partial charge in [-0.25, -0.2) is 0 Å². The molecule has 2 rings (SSSR count). The van der Waals surface area contributed by atoms with Crippen molar-refractivity contribution < 1.29 is 14.3 Å². The van der Waals surface area contributed by atoms with E-state index in [-0.39, 0.29) is 18.4 Å². The summed E-state index contributed by atoms with van der Waals surface area (Å²) in [7, 11) is 1.54. The summed E-state index contributed by atoms with van der Waals surface area (Å²) >= 11 is 11.9. The number of hydrogen-bond donors (Lipinski definition) is 1. The molecule has 2 aromatic rings. The van der Waals surface area contributed by atoms with Crippen LogP contribution in [0.1, 0.15) is 18.1 Å². The van der Waals surface area contributed by atoms with Gasteiger partial charge >= 0.3 is 0 Å². The van der Waals surface area contributed by atoms with E-state index in [9.17, 15) is 9.59 Å². The number of halogens is 2. The lowest BCUT2D eigenvalue weighted by atomic mass is 10.1. The van der Waals surface area contributed by atoms with Crippen LogP contribution in [-0.2, 0) is 16.1 Å². The molecule has 2 amide bonds. The van der Waals surface area contributed by atoms with Crippen molar-refractivity contribution in [2.24, 2.45) is 0 Å². The van der Waals surface area contributed by atoms with Gasteiger partial charge in [-0.05, 0) is 37.6 Å². The predicted molar refractivity (Wildman–Crippen MR) is 107 cm³/mol. The van der Waals surface area contributed by atoms with Gasteiger partial charge in [-0.15, -0.1) is 0 Å². The minimum atomic E-state index is -0.646. The van der Waals surface area contributed by atoms with E-state index < -0.39 is 6.04 Å². The first kappa shape index (κ1) is 21.1. The number of benzene rings is 2. The first-order chi connectivity index (χ1) is 12.8. The second-order valence-corrected chi connectivity index (χ2v) is 7.01. The van der Waals surface area contributed by atoms with Gasteiger partial charge in [0.1, 0.15) is 11.8 Å². The van der Waals surface area contributed by atoms with Crippen LogP contribution in [0, 0.1) is 6.92 Å². The van der Waals surface area contributed by atoms with Crippen molar-refractivity contribution in [2.75, 3.05) is 13.7 Å². The summed E-state index contributed by atoms with van der Waals surface area (Å²) in [6, 6.07) is 11.9. The molecule has 1 atom stereocenters. The minimum absolute atomic E-state index is 0.242. The van der Waals surface area contributed by atoms with Crippen LogP contribution >= 0.6 is 23.2 Å². The number of hydrogen-bond acceptors (Lipinski definition) is 3. The van der Waals surface area contributed by atoms with Crippen molar-refractivity contribution in [1.82, 2.24) is 10.2 Å². The lowest BCUT2D eigenvalue weighted by Crippen LogP contribution is -2.48. The van der Waals surface area contributed by atoms with Crippen LogP contribution in [0.3, 0.4) is 0 Å². The van der Waals surface area contributed by atoms with Crippen molar-refractivity contribution in [2.45, 2.75) is 26.4 Å². The summed E-state index contributed by atoms with van der Waals surface area (Å²) in [6.45, 7) is 3.71. The molecule has 7 heteroatoms. The van der Waals surface area contributed by atoms with E-state index in [1.54, 1.807) is 25.1 Å². The summed E-state index contributed by atoms with van der Waals surface area (Å²) < 4.78 is 5.55. The van der Waals surface area contributed by atoms with Crippen LogP contribution in [0.2, 0.25) is 10.0 Å². The van der Waals surface area contributed by atoms with Crippen molar-refractivity contribution in [3.63, 3.8) is 0 Å². The fourth-order valence-electron chi connectivity index (χ4n) is 2.61. The van der Waals surface area contributed by atoms with Crippen LogP contribution in [0.5, 0.6) is 5.75 Å². The zero-order valence-corrected chi connectivity index (χ0v) is 17.0. The van der Waals surface area contributed by atoms with Crippen molar-refractivity contribution in [3.8, 4) is 5.75 Å². The summed E-state index contributed by atoms with van der Waals surface area (Å²) in [5.41, 5.74) is 2.01. The number of nitrogens with one attached hydrogen (secondary N) is 1. The maximum atomic E-state index is 12.8. The SMILES string of the molecule is CNC(=O)[C@@H](C)N(Cc1cccc(C)c1)C(=O)COc1ccc(Cl)cc1Cl. The molecular formula is C20H22Cl2N2O3. The van der Waals surface area contributed by atoms with Crippen LogP contribution < -0.4 is 10.1 Å². The third kappa shape index (κ3) is 5.88. The second kappa shape index (κ2) is 9.62. The van der Waals surface area contributed by atoms with E-state index in [1.165, 1.54) is 11.9 Å². The fourth-order valence-corrected chi connectivity index (χ4v) is 3.08. The van der Waals surface area contributed by atoms with Gasteiger partial charge < -0.3 is 15.0 Å². The Bertz CT molecular complexity index is 827. The average Bonchev–Trinajstić information content (AvgIpc) is 2.64. The molecule has 0 aromatic heterocycles. The standard InChI is InChI=1S/C20H22Cl2N2O3/c1-13-5-4-6-15(9-13)11-24(14(2)20(26)23-3)19(25)12-27-18-8-7-16(21)10-17(18)22/h4-10,14H,11-12H2,1-3H3,(H,23,26)/t14-/m1/s1. The van der Waals surface area contributed by atoms with E-state index >= 15 is 0 Å². The Morgan fingerprint density at radius 2 is 1.93 bits per heavy atom. The van der Waals surface area contributed by atoms with Crippen molar-refractivity contribution in [1.29, 1.82) is 0 Å². The largest absolute Gasteiger partial charge is 0.482 e. The zero-order valence-electron chi connectivity index (χ0n) is 15.5. The van der Waals surface area contributed by atoms with E-state index in [4.69, 9.17) is 27.9 Å². The Morgan fingerprint density at radius 1 is 1.19 bits per heavy atom. The molecule has 0 saturated carbocycles. The number of ether oxygens (including phenoxy) is 1. The quantitative estimate of drug-likeness (QED) is 0.756.